The highest BCUT2D eigenvalue weighted by Crippen LogP contribution is 2.21. The lowest BCUT2D eigenvalue weighted by Gasteiger charge is -2.34. The third-order valence-electron chi connectivity index (χ3n) is 3.42. The molecule has 0 saturated heterocycles. The number of unbranched alkanes of at least 4 members (excludes halogenated alkanes) is 2. The fourth-order valence-electron chi connectivity index (χ4n) is 2.39. The molecule has 2 unspecified atom stereocenters. The molecule has 0 aromatic carbocycles. The van der Waals surface area contributed by atoms with Crippen LogP contribution in [0.1, 0.15) is 51.9 Å². The zero-order chi connectivity index (χ0) is 10.4. The fraction of sp³-hybridized carbons (Fsp3) is 1.00. The third-order valence-corrected chi connectivity index (χ3v) is 3.42. The first-order valence-electron chi connectivity index (χ1n) is 6.20. The van der Waals surface area contributed by atoms with Gasteiger partial charge in [0.2, 0.25) is 0 Å². The molecule has 2 heteroatoms. The highest BCUT2D eigenvalue weighted by atomic mass is 15.1. The van der Waals surface area contributed by atoms with Gasteiger partial charge in [0.1, 0.15) is 0 Å². The van der Waals surface area contributed by atoms with Gasteiger partial charge in [0.15, 0.2) is 0 Å². The largest absolute Gasteiger partial charge is 0.328 e. The Bertz CT molecular complexity index is 147. The Balaban J connectivity index is 2.18. The van der Waals surface area contributed by atoms with Gasteiger partial charge < -0.3 is 10.6 Å². The summed E-state index contributed by atoms with van der Waals surface area (Å²) >= 11 is 0. The van der Waals surface area contributed by atoms with Gasteiger partial charge in [-0.05, 0) is 39.3 Å². The summed E-state index contributed by atoms with van der Waals surface area (Å²) in [6, 6.07) is 1.22. The molecule has 1 aliphatic carbocycles. The number of nitrogens with zero attached hydrogens (tertiary/aromatic N) is 1. The Morgan fingerprint density at radius 3 is 2.71 bits per heavy atom. The number of hydrogen-bond acceptors (Lipinski definition) is 2. The van der Waals surface area contributed by atoms with E-state index >= 15 is 0 Å². The lowest BCUT2D eigenvalue weighted by Crippen LogP contribution is -2.40. The second-order valence-corrected chi connectivity index (χ2v) is 4.77. The normalized spacial score (nSPS) is 28.3. The Labute approximate surface area is 88.8 Å². The van der Waals surface area contributed by atoms with Gasteiger partial charge in [-0.15, -0.1) is 0 Å². The SMILES string of the molecule is CCCCCN(C)C1CCCC(N)C1. The maximum atomic E-state index is 5.99. The topological polar surface area (TPSA) is 29.3 Å². The Kier molecular flexibility index (Phi) is 5.49. The molecule has 0 bridgehead atoms. The van der Waals surface area contributed by atoms with Gasteiger partial charge >= 0.3 is 0 Å². The predicted octanol–water partition coefficient (Wildman–Crippen LogP) is 2.38. The van der Waals surface area contributed by atoms with Gasteiger partial charge in [0.25, 0.3) is 0 Å². The summed E-state index contributed by atoms with van der Waals surface area (Å²) < 4.78 is 0. The average Bonchev–Trinajstić information content (AvgIpc) is 2.18. The molecule has 2 nitrogen and oxygen atoms in total. The second-order valence-electron chi connectivity index (χ2n) is 4.77. The molecule has 1 fully saturated rings. The highest BCUT2D eigenvalue weighted by Gasteiger charge is 2.21. The van der Waals surface area contributed by atoms with Crippen LogP contribution in [-0.4, -0.2) is 30.6 Å². The van der Waals surface area contributed by atoms with Crippen molar-refractivity contribution in [1.29, 1.82) is 0 Å². The van der Waals surface area contributed by atoms with E-state index in [9.17, 15) is 0 Å². The van der Waals surface area contributed by atoms with Crippen LogP contribution in [0, 0.1) is 0 Å². The van der Waals surface area contributed by atoms with E-state index in [1.807, 2.05) is 0 Å². The predicted molar refractivity (Wildman–Crippen MR) is 62.4 cm³/mol. The van der Waals surface area contributed by atoms with Crippen LogP contribution in [-0.2, 0) is 0 Å². The number of nitrogens with two attached hydrogens (primary N) is 1. The summed E-state index contributed by atoms with van der Waals surface area (Å²) in [6.07, 6.45) is 9.15. The molecule has 0 heterocycles. The smallest absolute Gasteiger partial charge is 0.0107 e. The van der Waals surface area contributed by atoms with Crippen LogP contribution in [0.4, 0.5) is 0 Å². The van der Waals surface area contributed by atoms with E-state index in [1.54, 1.807) is 0 Å². The standard InChI is InChI=1S/C12H26N2/c1-3-4-5-9-14(2)12-8-6-7-11(13)10-12/h11-12H,3-10,13H2,1-2H3. The molecule has 0 amide bonds. The van der Waals surface area contributed by atoms with Gasteiger partial charge in [-0.2, -0.15) is 0 Å². The minimum atomic E-state index is 0.461. The summed E-state index contributed by atoms with van der Waals surface area (Å²) in [7, 11) is 2.26. The van der Waals surface area contributed by atoms with Crippen molar-refractivity contribution < 1.29 is 0 Å². The Morgan fingerprint density at radius 2 is 2.07 bits per heavy atom. The van der Waals surface area contributed by atoms with Crippen LogP contribution in [0.3, 0.4) is 0 Å². The van der Waals surface area contributed by atoms with E-state index in [0.717, 1.165) is 6.04 Å². The molecular weight excluding hydrogens is 172 g/mol. The van der Waals surface area contributed by atoms with Crippen LogP contribution >= 0.6 is 0 Å². The Hall–Kier alpha value is -0.0800. The molecule has 2 atom stereocenters. The summed E-state index contributed by atoms with van der Waals surface area (Å²) in [4.78, 5) is 2.52. The molecule has 1 saturated carbocycles. The Morgan fingerprint density at radius 1 is 1.29 bits per heavy atom. The zero-order valence-electron chi connectivity index (χ0n) is 9.84. The van der Waals surface area contributed by atoms with Crippen molar-refractivity contribution in [3.8, 4) is 0 Å². The van der Waals surface area contributed by atoms with Crippen molar-refractivity contribution in [2.75, 3.05) is 13.6 Å². The van der Waals surface area contributed by atoms with E-state index in [4.69, 9.17) is 5.73 Å². The highest BCUT2D eigenvalue weighted by molar-refractivity contribution is 4.80. The van der Waals surface area contributed by atoms with Crippen molar-refractivity contribution in [2.24, 2.45) is 5.73 Å². The lowest BCUT2D eigenvalue weighted by molar-refractivity contribution is 0.177. The third kappa shape index (κ3) is 3.97. The lowest BCUT2D eigenvalue weighted by atomic mass is 9.90. The molecule has 0 aliphatic heterocycles. The molecule has 0 aromatic rings. The van der Waals surface area contributed by atoms with E-state index in [0.29, 0.717) is 6.04 Å². The fourth-order valence-corrected chi connectivity index (χ4v) is 2.39. The van der Waals surface area contributed by atoms with Gasteiger partial charge in [-0.3, -0.25) is 0 Å². The molecule has 14 heavy (non-hydrogen) atoms. The first kappa shape index (κ1) is 12.0. The average molecular weight is 198 g/mol. The van der Waals surface area contributed by atoms with Crippen LogP contribution < -0.4 is 5.73 Å². The van der Waals surface area contributed by atoms with Crippen molar-refractivity contribution in [3.63, 3.8) is 0 Å². The molecule has 0 aromatic heterocycles. The van der Waals surface area contributed by atoms with E-state index in [1.165, 1.54) is 51.5 Å². The van der Waals surface area contributed by atoms with Crippen LogP contribution in [0.2, 0.25) is 0 Å². The molecule has 2 N–H and O–H groups in total. The molecule has 84 valence electrons. The van der Waals surface area contributed by atoms with Gasteiger partial charge in [-0.25, -0.2) is 0 Å². The summed E-state index contributed by atoms with van der Waals surface area (Å²) in [5.41, 5.74) is 5.99. The van der Waals surface area contributed by atoms with Gasteiger partial charge in [0.05, 0.1) is 0 Å². The van der Waals surface area contributed by atoms with Crippen LogP contribution in [0.15, 0.2) is 0 Å². The molecule has 0 spiro atoms. The van der Waals surface area contributed by atoms with Gasteiger partial charge in [0, 0.05) is 12.1 Å². The number of hydrogen-bond donors (Lipinski definition) is 1. The quantitative estimate of drug-likeness (QED) is 0.687. The summed E-state index contributed by atoms with van der Waals surface area (Å²) in [5, 5.41) is 0. The van der Waals surface area contributed by atoms with E-state index < -0.39 is 0 Å². The maximum absolute atomic E-state index is 5.99. The molecule has 1 aliphatic rings. The van der Waals surface area contributed by atoms with Gasteiger partial charge in [-0.1, -0.05) is 26.2 Å². The minimum Gasteiger partial charge on any atom is -0.328 e. The summed E-state index contributed by atoms with van der Waals surface area (Å²) in [6.45, 7) is 3.52. The van der Waals surface area contributed by atoms with E-state index in [-0.39, 0.29) is 0 Å². The molecule has 0 radical (unpaired) electrons. The van der Waals surface area contributed by atoms with Crippen molar-refractivity contribution >= 4 is 0 Å². The zero-order valence-corrected chi connectivity index (χ0v) is 9.84. The second kappa shape index (κ2) is 6.41. The minimum absolute atomic E-state index is 0.461. The van der Waals surface area contributed by atoms with Crippen LogP contribution in [0.25, 0.3) is 0 Å². The first-order valence-corrected chi connectivity index (χ1v) is 6.20. The van der Waals surface area contributed by atoms with E-state index in [2.05, 4.69) is 18.9 Å². The maximum Gasteiger partial charge on any atom is 0.0107 e. The van der Waals surface area contributed by atoms with Crippen LogP contribution in [0.5, 0.6) is 0 Å². The number of rotatable bonds is 5. The van der Waals surface area contributed by atoms with Crippen molar-refractivity contribution in [3.05, 3.63) is 0 Å². The monoisotopic (exact) mass is 198 g/mol. The van der Waals surface area contributed by atoms with Crippen molar-refractivity contribution in [2.45, 2.75) is 64.0 Å². The first-order chi connectivity index (χ1) is 6.74. The summed E-state index contributed by atoms with van der Waals surface area (Å²) in [5.74, 6) is 0. The molecule has 1 rings (SSSR count). The molecular formula is C12H26N2. The van der Waals surface area contributed by atoms with Crippen molar-refractivity contribution in [1.82, 2.24) is 4.90 Å².